The van der Waals surface area contributed by atoms with Gasteiger partial charge in [-0.3, -0.25) is 10.1 Å². The van der Waals surface area contributed by atoms with Gasteiger partial charge in [0.2, 0.25) is 5.91 Å². The van der Waals surface area contributed by atoms with E-state index in [1.54, 1.807) is 13.4 Å². The Balaban J connectivity index is 1.27. The number of nitrogens with zero attached hydrogens (tertiary/aromatic N) is 6. The first-order valence-electron chi connectivity index (χ1n) is 16.5. The number of aromatic nitrogens is 4. The zero-order valence-electron chi connectivity index (χ0n) is 27.2. The van der Waals surface area contributed by atoms with Gasteiger partial charge in [-0.15, -0.1) is 0 Å². The van der Waals surface area contributed by atoms with E-state index in [1.165, 1.54) is 31.4 Å². The average molecular weight is 627 g/mol. The molecule has 4 aromatic rings. The molecule has 1 saturated carbocycles. The van der Waals surface area contributed by atoms with Gasteiger partial charge in [0.1, 0.15) is 11.7 Å². The normalized spacial score (nSPS) is 21.9. The van der Waals surface area contributed by atoms with Crippen LogP contribution in [0, 0.1) is 5.82 Å². The summed E-state index contributed by atoms with van der Waals surface area (Å²) < 4.78 is 17.1. The molecule has 1 aromatic carbocycles. The number of hydrogen-bond acceptors (Lipinski definition) is 8. The van der Waals surface area contributed by atoms with Crippen molar-refractivity contribution < 1.29 is 14.3 Å². The van der Waals surface area contributed by atoms with Gasteiger partial charge in [0.15, 0.2) is 17.5 Å². The Morgan fingerprint density at radius 3 is 2.48 bits per heavy atom. The van der Waals surface area contributed by atoms with E-state index in [9.17, 15) is 9.90 Å². The smallest absolute Gasteiger partial charge is 0.237 e. The number of amides is 1. The maximum Gasteiger partial charge on any atom is 0.237 e. The fraction of sp³-hybridized carbons (Fsp3) is 0.486. The number of carbonyl (C=O) groups excluding carboxylic acids is 1. The van der Waals surface area contributed by atoms with E-state index in [4.69, 9.17) is 4.98 Å². The molecule has 2 fully saturated rings. The number of hydrogen-bond donors (Lipinski definition) is 3. The van der Waals surface area contributed by atoms with Gasteiger partial charge in [-0.25, -0.2) is 19.3 Å². The van der Waals surface area contributed by atoms with Crippen molar-refractivity contribution in [3.63, 3.8) is 0 Å². The van der Waals surface area contributed by atoms with Gasteiger partial charge in [-0.1, -0.05) is 18.6 Å². The molecule has 7 rings (SSSR count). The standard InChI is InChI=1S/C35H43FN8O2/c1-20(2)43-19-38-28-18-27(40-32(30(28)43)41-31-25(36)11-12-26(39-31)33(45)37-5)21-9-10-24-29(15-21)44(34(46)35(24,3)4)23-16-22(17-23)42-13-7-6-8-14-42/h9-12,15,18-20,22-23,33,37,45H,6-8,13-14,16-17H2,1-5H3,(H,39,40,41)/t22-,23+,33?. The molecule has 0 spiro atoms. The van der Waals surface area contributed by atoms with Gasteiger partial charge in [-0.05, 0) is 103 Å². The molecule has 5 heterocycles. The molecule has 242 valence electrons. The van der Waals surface area contributed by atoms with Crippen LogP contribution in [0.5, 0.6) is 0 Å². The quantitative estimate of drug-likeness (QED) is 0.210. The van der Waals surface area contributed by atoms with Crippen LogP contribution in [0.2, 0.25) is 0 Å². The minimum atomic E-state index is -1.05. The number of piperidine rings is 1. The molecule has 1 unspecified atom stereocenters. The van der Waals surface area contributed by atoms with Crippen LogP contribution in [0.15, 0.2) is 42.7 Å². The van der Waals surface area contributed by atoms with E-state index < -0.39 is 17.5 Å². The lowest BCUT2D eigenvalue weighted by molar-refractivity contribution is -0.123. The van der Waals surface area contributed by atoms with Crippen LogP contribution in [0.25, 0.3) is 22.3 Å². The number of aliphatic hydroxyl groups excluding tert-OH is 1. The molecule has 3 aromatic heterocycles. The molecular weight excluding hydrogens is 583 g/mol. The zero-order chi connectivity index (χ0) is 32.3. The molecule has 46 heavy (non-hydrogen) atoms. The van der Waals surface area contributed by atoms with Crippen molar-refractivity contribution in [3.8, 4) is 11.3 Å². The number of anilines is 3. The summed E-state index contributed by atoms with van der Waals surface area (Å²) in [6.07, 6.45) is 6.55. The first kappa shape index (κ1) is 30.7. The highest BCUT2D eigenvalue weighted by atomic mass is 19.1. The maximum atomic E-state index is 15.1. The molecule has 11 heteroatoms. The SMILES string of the molecule is CNC(O)c1ccc(F)c(Nc2nc(-c3ccc4c(c3)N([C@H]3C[C@@H](N5CCCCC5)C3)C(=O)C4(C)C)cc3ncn(C(C)C)c23)n1. The van der Waals surface area contributed by atoms with Crippen molar-refractivity contribution in [1.82, 2.24) is 29.7 Å². The molecule has 2 aliphatic heterocycles. The van der Waals surface area contributed by atoms with Crippen LogP contribution in [-0.2, 0) is 10.2 Å². The van der Waals surface area contributed by atoms with Crippen molar-refractivity contribution in [1.29, 1.82) is 0 Å². The highest BCUT2D eigenvalue weighted by Gasteiger charge is 2.50. The monoisotopic (exact) mass is 626 g/mol. The zero-order valence-corrected chi connectivity index (χ0v) is 27.2. The minimum absolute atomic E-state index is 0.0463. The van der Waals surface area contributed by atoms with Crippen molar-refractivity contribution in [2.45, 2.75) is 89.6 Å². The van der Waals surface area contributed by atoms with Crippen molar-refractivity contribution >= 4 is 34.3 Å². The number of carbonyl (C=O) groups is 1. The summed E-state index contributed by atoms with van der Waals surface area (Å²) in [6, 6.07) is 11.6. The highest BCUT2D eigenvalue weighted by molar-refractivity contribution is 6.08. The number of benzene rings is 1. The predicted molar refractivity (Wildman–Crippen MR) is 178 cm³/mol. The van der Waals surface area contributed by atoms with Crippen molar-refractivity contribution in [3.05, 3.63) is 59.8 Å². The molecule has 0 bridgehead atoms. The van der Waals surface area contributed by atoms with E-state index in [0.29, 0.717) is 23.1 Å². The number of aliphatic hydroxyl groups is 1. The second-order valence-electron chi connectivity index (χ2n) is 13.8. The third-order valence-corrected chi connectivity index (χ3v) is 10.1. The Labute approximate surface area is 269 Å². The molecule has 0 radical (unpaired) electrons. The van der Waals surface area contributed by atoms with E-state index in [-0.39, 0.29) is 29.5 Å². The van der Waals surface area contributed by atoms with Gasteiger partial charge in [0, 0.05) is 29.4 Å². The highest BCUT2D eigenvalue weighted by Crippen LogP contribution is 2.48. The van der Waals surface area contributed by atoms with Crippen LogP contribution in [-0.4, -0.2) is 67.7 Å². The van der Waals surface area contributed by atoms with Crippen molar-refractivity contribution in [2.24, 2.45) is 0 Å². The Bertz CT molecular complexity index is 1790. The summed E-state index contributed by atoms with van der Waals surface area (Å²) in [4.78, 5) is 32.6. The Morgan fingerprint density at radius 1 is 1.00 bits per heavy atom. The van der Waals surface area contributed by atoms with Crippen LogP contribution >= 0.6 is 0 Å². The molecule has 3 aliphatic rings. The molecule has 1 atom stereocenters. The number of rotatable bonds is 8. The van der Waals surface area contributed by atoms with Crippen LogP contribution < -0.4 is 15.5 Å². The lowest BCUT2D eigenvalue weighted by Gasteiger charge is -2.48. The Kier molecular flexibility index (Phi) is 7.81. The number of fused-ring (bicyclic) bond motifs is 2. The predicted octanol–water partition coefficient (Wildman–Crippen LogP) is 5.81. The minimum Gasteiger partial charge on any atom is -0.373 e. The van der Waals surface area contributed by atoms with Gasteiger partial charge in [0.05, 0.1) is 28.6 Å². The lowest BCUT2D eigenvalue weighted by atomic mass is 9.82. The van der Waals surface area contributed by atoms with Crippen LogP contribution in [0.1, 0.15) is 83.3 Å². The molecule has 1 aliphatic carbocycles. The summed E-state index contributed by atoms with van der Waals surface area (Å²) in [7, 11) is 1.60. The van der Waals surface area contributed by atoms with Crippen LogP contribution in [0.3, 0.4) is 0 Å². The first-order chi connectivity index (χ1) is 22.1. The molecule has 1 saturated heterocycles. The van der Waals surface area contributed by atoms with E-state index in [2.05, 4.69) is 37.6 Å². The largest absolute Gasteiger partial charge is 0.373 e. The molecule has 3 N–H and O–H groups in total. The third-order valence-electron chi connectivity index (χ3n) is 10.1. The first-order valence-corrected chi connectivity index (χ1v) is 16.5. The number of nitrogens with one attached hydrogen (secondary N) is 2. The number of pyridine rings is 2. The maximum absolute atomic E-state index is 15.1. The Morgan fingerprint density at radius 2 is 1.76 bits per heavy atom. The molecular formula is C35H43FN8O2. The molecule has 10 nitrogen and oxygen atoms in total. The lowest BCUT2D eigenvalue weighted by Crippen LogP contribution is -2.57. The summed E-state index contributed by atoms with van der Waals surface area (Å²) in [6.45, 7) is 10.4. The van der Waals surface area contributed by atoms with Gasteiger partial charge in [-0.2, -0.15) is 0 Å². The van der Waals surface area contributed by atoms with E-state index in [0.717, 1.165) is 48.3 Å². The fourth-order valence-corrected chi connectivity index (χ4v) is 7.30. The number of imidazole rings is 1. The summed E-state index contributed by atoms with van der Waals surface area (Å²) in [5, 5.41) is 16.1. The third kappa shape index (κ3) is 5.14. The second-order valence-corrected chi connectivity index (χ2v) is 13.8. The number of halogens is 1. The van der Waals surface area contributed by atoms with Crippen molar-refractivity contribution in [2.75, 3.05) is 30.4 Å². The summed E-state index contributed by atoms with van der Waals surface area (Å²) in [5.74, 6) is -0.0676. The fourth-order valence-electron chi connectivity index (χ4n) is 7.30. The summed E-state index contributed by atoms with van der Waals surface area (Å²) in [5.41, 5.74) is 4.55. The molecule has 1 amide bonds. The van der Waals surface area contributed by atoms with Crippen LogP contribution in [0.4, 0.5) is 21.7 Å². The average Bonchev–Trinajstić information content (AvgIpc) is 3.55. The second kappa shape index (κ2) is 11.7. The van der Waals surface area contributed by atoms with Gasteiger partial charge < -0.3 is 24.8 Å². The number of likely N-dealkylation sites (tertiary alicyclic amines) is 1. The van der Waals surface area contributed by atoms with E-state index in [1.807, 2.05) is 49.3 Å². The topological polar surface area (TPSA) is 111 Å². The van der Waals surface area contributed by atoms with Gasteiger partial charge >= 0.3 is 0 Å². The Hall–Kier alpha value is -3.93. The van der Waals surface area contributed by atoms with E-state index >= 15 is 4.39 Å². The van der Waals surface area contributed by atoms with Gasteiger partial charge in [0.25, 0.3) is 0 Å². The summed E-state index contributed by atoms with van der Waals surface area (Å²) >= 11 is 0.